The number of imidazole rings is 1. The fourth-order valence-corrected chi connectivity index (χ4v) is 1.70. The van der Waals surface area contributed by atoms with Crippen LogP contribution in [0.2, 0.25) is 0 Å². The Hall–Kier alpha value is -2.14. The van der Waals surface area contributed by atoms with Gasteiger partial charge in [-0.3, -0.25) is 0 Å². The molecule has 18 heavy (non-hydrogen) atoms. The first-order chi connectivity index (χ1) is 8.69. The number of nitrogens with zero attached hydrogens (tertiary/aromatic N) is 1. The van der Waals surface area contributed by atoms with Crippen LogP contribution in [-0.4, -0.2) is 15.1 Å². The summed E-state index contributed by atoms with van der Waals surface area (Å²) in [4.78, 5) is 7.65. The van der Waals surface area contributed by atoms with Crippen molar-refractivity contribution in [3.05, 3.63) is 55.0 Å². The largest absolute Gasteiger partial charge is 0.355 e. The highest BCUT2D eigenvalue weighted by Crippen LogP contribution is 2.09. The molecule has 3 N–H and O–H groups in total. The number of hydrogen-bond donors (Lipinski definition) is 3. The number of para-hydroxylation sites is 2. The summed E-state index contributed by atoms with van der Waals surface area (Å²) in [6.45, 7) is 7.85. The van der Waals surface area contributed by atoms with Gasteiger partial charge in [0, 0.05) is 5.70 Å². The van der Waals surface area contributed by atoms with Gasteiger partial charge in [-0.2, -0.15) is 0 Å². The number of H-pyrrole nitrogens is 1. The Balaban J connectivity index is 1.95. The second kappa shape index (κ2) is 5.46. The number of aromatic amines is 1. The van der Waals surface area contributed by atoms with Crippen molar-refractivity contribution in [3.63, 3.8) is 0 Å². The summed E-state index contributed by atoms with van der Waals surface area (Å²) in [6.07, 6.45) is 1.61. The van der Waals surface area contributed by atoms with Crippen LogP contribution in [0.4, 0.5) is 0 Å². The molecule has 4 nitrogen and oxygen atoms in total. The lowest BCUT2D eigenvalue weighted by molar-refractivity contribution is 0.839. The molecule has 5 heteroatoms. The zero-order valence-corrected chi connectivity index (χ0v) is 10.7. The van der Waals surface area contributed by atoms with Gasteiger partial charge in [-0.15, -0.1) is 0 Å². The van der Waals surface area contributed by atoms with Crippen molar-refractivity contribution in [2.45, 2.75) is 6.54 Å². The maximum Gasteiger partial charge on any atom is 0.171 e. The monoisotopic (exact) mass is 258 g/mol. The Morgan fingerprint density at radius 3 is 2.94 bits per heavy atom. The normalized spacial score (nSPS) is 10.0. The summed E-state index contributed by atoms with van der Waals surface area (Å²) >= 11 is 5.10. The lowest BCUT2D eigenvalue weighted by Crippen LogP contribution is -2.33. The van der Waals surface area contributed by atoms with E-state index in [1.807, 2.05) is 24.3 Å². The molecule has 1 aromatic heterocycles. The molecule has 92 valence electrons. The summed E-state index contributed by atoms with van der Waals surface area (Å²) in [5.74, 6) is 0.838. The zero-order valence-electron chi connectivity index (χ0n) is 9.86. The van der Waals surface area contributed by atoms with Gasteiger partial charge in [0.15, 0.2) is 5.11 Å². The molecule has 1 aromatic carbocycles. The minimum absolute atomic E-state index is 0.500. The molecule has 0 amide bonds. The molecule has 2 rings (SSSR count). The highest BCUT2D eigenvalue weighted by atomic mass is 32.1. The van der Waals surface area contributed by atoms with Gasteiger partial charge in [0.2, 0.25) is 0 Å². The number of rotatable bonds is 4. The predicted octanol–water partition coefficient (Wildman–Crippen LogP) is 2.23. The molecule has 0 aliphatic heterocycles. The Labute approximate surface area is 111 Å². The van der Waals surface area contributed by atoms with E-state index in [1.54, 1.807) is 6.08 Å². The van der Waals surface area contributed by atoms with E-state index >= 15 is 0 Å². The maximum absolute atomic E-state index is 5.10. The average Bonchev–Trinajstić information content (AvgIpc) is 2.79. The lowest BCUT2D eigenvalue weighted by atomic mass is 10.3. The third-order valence-corrected chi connectivity index (χ3v) is 2.62. The molecule has 0 fully saturated rings. The maximum atomic E-state index is 5.10. The van der Waals surface area contributed by atoms with E-state index in [2.05, 4.69) is 33.8 Å². The quantitative estimate of drug-likeness (QED) is 0.581. The Kier molecular flexibility index (Phi) is 3.74. The van der Waals surface area contributed by atoms with E-state index in [1.165, 1.54) is 0 Å². The van der Waals surface area contributed by atoms with E-state index < -0.39 is 0 Å². The molecule has 0 atom stereocenters. The van der Waals surface area contributed by atoms with Gasteiger partial charge in [-0.05, 0) is 30.4 Å². The van der Waals surface area contributed by atoms with Crippen molar-refractivity contribution in [1.82, 2.24) is 20.6 Å². The van der Waals surface area contributed by atoms with Crippen LogP contribution >= 0.6 is 12.2 Å². The van der Waals surface area contributed by atoms with Gasteiger partial charge in [0.25, 0.3) is 0 Å². The molecule has 0 aliphatic rings. The van der Waals surface area contributed by atoms with Crippen LogP contribution < -0.4 is 10.6 Å². The number of hydrogen-bond acceptors (Lipinski definition) is 2. The van der Waals surface area contributed by atoms with Crippen LogP contribution in [0.15, 0.2) is 49.2 Å². The van der Waals surface area contributed by atoms with Gasteiger partial charge in [-0.25, -0.2) is 4.98 Å². The number of nitrogens with one attached hydrogen (secondary N) is 3. The smallest absolute Gasteiger partial charge is 0.171 e. The molecule has 0 aliphatic carbocycles. The molecule has 0 unspecified atom stereocenters. The molecule has 0 saturated carbocycles. The highest BCUT2D eigenvalue weighted by molar-refractivity contribution is 7.80. The first-order valence-electron chi connectivity index (χ1n) is 5.49. The van der Waals surface area contributed by atoms with Crippen LogP contribution in [-0.2, 0) is 6.54 Å². The summed E-state index contributed by atoms with van der Waals surface area (Å²) in [6, 6.07) is 7.88. The van der Waals surface area contributed by atoms with E-state index in [0.717, 1.165) is 16.9 Å². The first-order valence-corrected chi connectivity index (χ1v) is 5.89. The molecule has 1 heterocycles. The number of benzene rings is 1. The Morgan fingerprint density at radius 2 is 2.22 bits per heavy atom. The minimum atomic E-state index is 0.500. The van der Waals surface area contributed by atoms with Crippen molar-refractivity contribution in [3.8, 4) is 0 Å². The number of aromatic nitrogens is 2. The van der Waals surface area contributed by atoms with Gasteiger partial charge >= 0.3 is 0 Å². The van der Waals surface area contributed by atoms with E-state index in [0.29, 0.717) is 17.4 Å². The summed E-state index contributed by atoms with van der Waals surface area (Å²) in [5, 5.41) is 6.44. The van der Waals surface area contributed by atoms with Gasteiger partial charge < -0.3 is 15.6 Å². The number of allylic oxidation sites excluding steroid dienone is 1. The third kappa shape index (κ3) is 2.95. The van der Waals surface area contributed by atoms with Crippen LogP contribution in [0.5, 0.6) is 0 Å². The molecular weight excluding hydrogens is 244 g/mol. The molecule has 0 saturated heterocycles. The zero-order chi connectivity index (χ0) is 13.0. The molecule has 0 bridgehead atoms. The topological polar surface area (TPSA) is 52.7 Å². The first kappa shape index (κ1) is 12.3. The van der Waals surface area contributed by atoms with Crippen molar-refractivity contribution >= 4 is 28.4 Å². The number of fused-ring (bicyclic) bond motifs is 1. The fraction of sp³-hybridized carbons (Fsp3) is 0.0769. The van der Waals surface area contributed by atoms with Crippen LogP contribution in [0.1, 0.15) is 5.82 Å². The number of thiocarbonyl (C=S) groups is 1. The average molecular weight is 258 g/mol. The van der Waals surface area contributed by atoms with Crippen molar-refractivity contribution in [1.29, 1.82) is 0 Å². The Morgan fingerprint density at radius 1 is 1.44 bits per heavy atom. The Bertz CT molecular complexity index is 567. The highest BCUT2D eigenvalue weighted by Gasteiger charge is 2.02. The fourth-order valence-electron chi connectivity index (χ4n) is 1.49. The molecule has 0 spiro atoms. The molecule has 0 radical (unpaired) electrons. The van der Waals surface area contributed by atoms with E-state index in [-0.39, 0.29) is 0 Å². The van der Waals surface area contributed by atoms with E-state index in [4.69, 9.17) is 12.2 Å². The SMILES string of the molecule is C=CC(=C)NC(=S)NCc1nc2ccccc2[nH]1. The van der Waals surface area contributed by atoms with Crippen LogP contribution in [0.3, 0.4) is 0 Å². The van der Waals surface area contributed by atoms with Crippen LogP contribution in [0.25, 0.3) is 11.0 Å². The predicted molar refractivity (Wildman–Crippen MR) is 78.0 cm³/mol. The van der Waals surface area contributed by atoms with Crippen LogP contribution in [0, 0.1) is 0 Å². The molecular formula is C13H14N4S. The van der Waals surface area contributed by atoms with E-state index in [9.17, 15) is 0 Å². The third-order valence-electron chi connectivity index (χ3n) is 2.38. The van der Waals surface area contributed by atoms with Gasteiger partial charge in [-0.1, -0.05) is 25.3 Å². The second-order valence-electron chi connectivity index (χ2n) is 3.74. The van der Waals surface area contributed by atoms with Gasteiger partial charge in [0.1, 0.15) is 5.82 Å². The van der Waals surface area contributed by atoms with Crippen molar-refractivity contribution < 1.29 is 0 Å². The van der Waals surface area contributed by atoms with Gasteiger partial charge in [0.05, 0.1) is 17.6 Å². The summed E-state index contributed by atoms with van der Waals surface area (Å²) in [5.41, 5.74) is 2.63. The summed E-state index contributed by atoms with van der Waals surface area (Å²) in [7, 11) is 0. The molecule has 2 aromatic rings. The van der Waals surface area contributed by atoms with Crippen molar-refractivity contribution in [2.24, 2.45) is 0 Å². The second-order valence-corrected chi connectivity index (χ2v) is 4.15. The standard InChI is InChI=1S/C13H14N4S/c1-3-9(2)15-13(18)14-8-12-16-10-6-4-5-7-11(10)17-12/h3-7H,1-2,8H2,(H,16,17)(H2,14,15,18). The minimum Gasteiger partial charge on any atom is -0.355 e. The lowest BCUT2D eigenvalue weighted by Gasteiger charge is -2.08. The summed E-state index contributed by atoms with van der Waals surface area (Å²) < 4.78 is 0. The van der Waals surface area contributed by atoms with Crippen molar-refractivity contribution in [2.75, 3.05) is 0 Å².